The molecular weight excluding hydrogens is 314 g/mol. The minimum absolute atomic E-state index is 0.0927. The number of hydrogen-bond donors (Lipinski definition) is 0. The molecule has 0 radical (unpaired) electrons. The quantitative estimate of drug-likeness (QED) is 0.858. The molecule has 0 spiro atoms. The SMILES string of the molecule is CCN(C(=O)C1=NN(c2cccc(C)c2)C(=O)CC1)c1ccccc1. The van der Waals surface area contributed by atoms with Gasteiger partial charge in [-0.1, -0.05) is 30.3 Å². The lowest BCUT2D eigenvalue weighted by molar-refractivity contribution is -0.118. The molecular formula is C20H21N3O2. The van der Waals surface area contributed by atoms with Crippen molar-refractivity contribution in [3.05, 3.63) is 60.2 Å². The number of anilines is 2. The zero-order chi connectivity index (χ0) is 17.8. The molecule has 1 aliphatic rings. The summed E-state index contributed by atoms with van der Waals surface area (Å²) in [6.45, 7) is 4.43. The van der Waals surface area contributed by atoms with Crippen LogP contribution < -0.4 is 9.91 Å². The first-order valence-electron chi connectivity index (χ1n) is 8.44. The molecule has 0 N–H and O–H groups in total. The average Bonchev–Trinajstić information content (AvgIpc) is 2.63. The van der Waals surface area contributed by atoms with Gasteiger partial charge in [0.2, 0.25) is 5.91 Å². The number of benzene rings is 2. The second-order valence-electron chi connectivity index (χ2n) is 5.98. The first kappa shape index (κ1) is 16.9. The first-order valence-corrected chi connectivity index (χ1v) is 8.44. The van der Waals surface area contributed by atoms with Crippen LogP contribution in [0.25, 0.3) is 0 Å². The van der Waals surface area contributed by atoms with Crippen LogP contribution in [0.5, 0.6) is 0 Å². The Hall–Kier alpha value is -2.95. The van der Waals surface area contributed by atoms with Gasteiger partial charge in [-0.2, -0.15) is 5.10 Å². The maximum atomic E-state index is 12.9. The van der Waals surface area contributed by atoms with Crippen LogP contribution in [-0.2, 0) is 9.59 Å². The van der Waals surface area contributed by atoms with Crippen LogP contribution in [0.15, 0.2) is 59.7 Å². The Balaban J connectivity index is 1.91. The Morgan fingerprint density at radius 1 is 1.12 bits per heavy atom. The van der Waals surface area contributed by atoms with Gasteiger partial charge in [-0.05, 0) is 43.7 Å². The largest absolute Gasteiger partial charge is 0.308 e. The standard InChI is InChI=1S/C20H21N3O2/c1-3-22(16-9-5-4-6-10-16)20(25)18-12-13-19(24)23(21-18)17-11-7-8-15(2)14-17/h4-11,14H,3,12-13H2,1-2H3. The molecule has 0 aliphatic carbocycles. The molecule has 0 saturated heterocycles. The van der Waals surface area contributed by atoms with E-state index in [0.29, 0.717) is 24.4 Å². The van der Waals surface area contributed by atoms with Crippen LogP contribution in [0.2, 0.25) is 0 Å². The zero-order valence-corrected chi connectivity index (χ0v) is 14.5. The lowest BCUT2D eigenvalue weighted by Gasteiger charge is -2.27. The number of rotatable bonds is 4. The smallest absolute Gasteiger partial charge is 0.274 e. The molecule has 0 aromatic heterocycles. The molecule has 3 rings (SSSR count). The zero-order valence-electron chi connectivity index (χ0n) is 14.5. The Labute approximate surface area is 147 Å². The summed E-state index contributed by atoms with van der Waals surface area (Å²) in [5, 5.41) is 5.73. The Kier molecular flexibility index (Phi) is 4.93. The van der Waals surface area contributed by atoms with E-state index in [0.717, 1.165) is 11.3 Å². The summed E-state index contributed by atoms with van der Waals surface area (Å²) >= 11 is 0. The van der Waals surface area contributed by atoms with Crippen LogP contribution in [-0.4, -0.2) is 24.1 Å². The highest BCUT2D eigenvalue weighted by Crippen LogP contribution is 2.23. The molecule has 25 heavy (non-hydrogen) atoms. The summed E-state index contributed by atoms with van der Waals surface area (Å²) in [7, 11) is 0. The minimum atomic E-state index is -0.154. The summed E-state index contributed by atoms with van der Waals surface area (Å²) in [6, 6.07) is 17.1. The van der Waals surface area contributed by atoms with E-state index < -0.39 is 0 Å². The van der Waals surface area contributed by atoms with Crippen LogP contribution in [0.4, 0.5) is 11.4 Å². The monoisotopic (exact) mass is 335 g/mol. The van der Waals surface area contributed by atoms with E-state index >= 15 is 0 Å². The van der Waals surface area contributed by atoms with E-state index in [4.69, 9.17) is 0 Å². The fourth-order valence-electron chi connectivity index (χ4n) is 2.88. The number of nitrogens with zero attached hydrogens (tertiary/aromatic N) is 3. The molecule has 128 valence electrons. The summed E-state index contributed by atoms with van der Waals surface area (Å²) in [5.41, 5.74) is 2.97. The normalized spacial score (nSPS) is 14.2. The number of amides is 2. The van der Waals surface area contributed by atoms with Crippen molar-refractivity contribution in [3.63, 3.8) is 0 Å². The van der Waals surface area contributed by atoms with Gasteiger partial charge in [0, 0.05) is 25.1 Å². The van der Waals surface area contributed by atoms with Crippen molar-refractivity contribution >= 4 is 28.9 Å². The van der Waals surface area contributed by atoms with Crippen LogP contribution in [0, 0.1) is 6.92 Å². The summed E-state index contributed by atoms with van der Waals surface area (Å²) in [5.74, 6) is -0.247. The molecule has 0 atom stereocenters. The molecule has 2 aromatic rings. The lowest BCUT2D eigenvalue weighted by atomic mass is 10.1. The third-order valence-corrected chi connectivity index (χ3v) is 4.15. The molecule has 2 aromatic carbocycles. The maximum Gasteiger partial charge on any atom is 0.274 e. The van der Waals surface area contributed by atoms with E-state index in [1.807, 2.05) is 68.4 Å². The molecule has 5 heteroatoms. The second kappa shape index (κ2) is 7.30. The fraction of sp³-hybridized carbons (Fsp3) is 0.250. The van der Waals surface area contributed by atoms with Crippen molar-refractivity contribution in [2.24, 2.45) is 5.10 Å². The van der Waals surface area contributed by atoms with Gasteiger partial charge in [-0.25, -0.2) is 5.01 Å². The van der Waals surface area contributed by atoms with E-state index in [-0.39, 0.29) is 18.2 Å². The molecule has 2 amide bonds. The van der Waals surface area contributed by atoms with Crippen LogP contribution >= 0.6 is 0 Å². The van der Waals surface area contributed by atoms with Crippen molar-refractivity contribution in [2.45, 2.75) is 26.7 Å². The highest BCUT2D eigenvalue weighted by molar-refractivity contribution is 6.44. The van der Waals surface area contributed by atoms with Crippen molar-refractivity contribution in [1.82, 2.24) is 0 Å². The van der Waals surface area contributed by atoms with Gasteiger partial charge in [-0.15, -0.1) is 0 Å². The maximum absolute atomic E-state index is 12.9. The molecule has 1 heterocycles. The Bertz CT molecular complexity index is 815. The molecule has 0 bridgehead atoms. The number of aryl methyl sites for hydroxylation is 1. The third kappa shape index (κ3) is 3.60. The highest BCUT2D eigenvalue weighted by Gasteiger charge is 2.28. The Morgan fingerprint density at radius 2 is 1.88 bits per heavy atom. The number of hydrazone groups is 1. The van der Waals surface area contributed by atoms with Gasteiger partial charge in [0.25, 0.3) is 5.91 Å². The highest BCUT2D eigenvalue weighted by atomic mass is 16.2. The number of carbonyl (C=O) groups is 2. The van der Waals surface area contributed by atoms with Crippen LogP contribution in [0.3, 0.4) is 0 Å². The molecule has 1 aliphatic heterocycles. The Morgan fingerprint density at radius 3 is 2.56 bits per heavy atom. The van der Waals surface area contributed by atoms with E-state index in [1.54, 1.807) is 4.90 Å². The van der Waals surface area contributed by atoms with E-state index in [1.165, 1.54) is 5.01 Å². The molecule has 0 unspecified atom stereocenters. The number of carbonyl (C=O) groups excluding carboxylic acids is 2. The summed E-state index contributed by atoms with van der Waals surface area (Å²) < 4.78 is 0. The molecule has 5 nitrogen and oxygen atoms in total. The first-order chi connectivity index (χ1) is 12.1. The van der Waals surface area contributed by atoms with Gasteiger partial charge in [-0.3, -0.25) is 9.59 Å². The van der Waals surface area contributed by atoms with Gasteiger partial charge >= 0.3 is 0 Å². The number of hydrogen-bond acceptors (Lipinski definition) is 3. The lowest BCUT2D eigenvalue weighted by Crippen LogP contribution is -2.41. The van der Waals surface area contributed by atoms with Crippen molar-refractivity contribution in [2.75, 3.05) is 16.5 Å². The number of para-hydroxylation sites is 1. The van der Waals surface area contributed by atoms with Gasteiger partial charge < -0.3 is 4.90 Å². The topological polar surface area (TPSA) is 53.0 Å². The second-order valence-corrected chi connectivity index (χ2v) is 5.98. The van der Waals surface area contributed by atoms with Crippen molar-refractivity contribution in [1.29, 1.82) is 0 Å². The fourth-order valence-corrected chi connectivity index (χ4v) is 2.88. The summed E-state index contributed by atoms with van der Waals surface area (Å²) in [6.07, 6.45) is 0.647. The van der Waals surface area contributed by atoms with E-state index in [2.05, 4.69) is 5.10 Å². The van der Waals surface area contributed by atoms with Gasteiger partial charge in [0.15, 0.2) is 0 Å². The average molecular weight is 335 g/mol. The predicted molar refractivity (Wildman–Crippen MR) is 99.8 cm³/mol. The van der Waals surface area contributed by atoms with Crippen molar-refractivity contribution in [3.8, 4) is 0 Å². The third-order valence-electron chi connectivity index (χ3n) is 4.15. The predicted octanol–water partition coefficient (Wildman–Crippen LogP) is 3.53. The minimum Gasteiger partial charge on any atom is -0.308 e. The van der Waals surface area contributed by atoms with Crippen molar-refractivity contribution < 1.29 is 9.59 Å². The van der Waals surface area contributed by atoms with Gasteiger partial charge in [0.05, 0.1) is 5.69 Å². The molecule has 0 saturated carbocycles. The van der Waals surface area contributed by atoms with E-state index in [9.17, 15) is 9.59 Å². The van der Waals surface area contributed by atoms with Gasteiger partial charge in [0.1, 0.15) is 5.71 Å². The summed E-state index contributed by atoms with van der Waals surface area (Å²) in [4.78, 5) is 26.9. The molecule has 0 fully saturated rings. The van der Waals surface area contributed by atoms with Crippen LogP contribution in [0.1, 0.15) is 25.3 Å².